The highest BCUT2D eigenvalue weighted by Gasteiger charge is 2.53. The summed E-state index contributed by atoms with van der Waals surface area (Å²) >= 11 is 0. The molecule has 1 aliphatic carbocycles. The number of likely N-dealkylation sites (tertiary alicyclic amines) is 1. The Morgan fingerprint density at radius 2 is 1.87 bits per heavy atom. The maximum atomic E-state index is 13.7. The molecule has 0 N–H and O–H groups in total. The maximum Gasteiger partial charge on any atom is 0.258 e. The summed E-state index contributed by atoms with van der Waals surface area (Å²) in [5.41, 5.74) is 2.13. The van der Waals surface area contributed by atoms with Gasteiger partial charge in [-0.15, -0.1) is 4.80 Å². The highest BCUT2D eigenvalue weighted by Crippen LogP contribution is 2.44. The lowest BCUT2D eigenvalue weighted by atomic mass is 9.98. The quantitative estimate of drug-likeness (QED) is 0.656. The minimum absolute atomic E-state index is 0.0136. The first kappa shape index (κ1) is 18.7. The zero-order valence-corrected chi connectivity index (χ0v) is 17.1. The van der Waals surface area contributed by atoms with E-state index in [9.17, 15) is 4.79 Å². The number of pyridine rings is 1. The molecule has 30 heavy (non-hydrogen) atoms. The van der Waals surface area contributed by atoms with Gasteiger partial charge in [0.1, 0.15) is 6.10 Å². The summed E-state index contributed by atoms with van der Waals surface area (Å²) in [5.74, 6) is 1.27. The number of aromatic nitrogens is 6. The molecule has 0 spiro atoms. The van der Waals surface area contributed by atoms with Gasteiger partial charge in [0.25, 0.3) is 5.91 Å². The lowest BCUT2D eigenvalue weighted by Crippen LogP contribution is -2.51. The number of rotatable bonds is 4. The second-order valence-electron chi connectivity index (χ2n) is 8.05. The third-order valence-corrected chi connectivity index (χ3v) is 6.10. The van der Waals surface area contributed by atoms with Crippen molar-refractivity contribution in [2.24, 2.45) is 5.92 Å². The summed E-state index contributed by atoms with van der Waals surface area (Å²) in [5, 5.41) is 8.35. The smallest absolute Gasteiger partial charge is 0.258 e. The molecule has 1 saturated carbocycles. The molecule has 1 amide bonds. The van der Waals surface area contributed by atoms with Crippen molar-refractivity contribution in [1.29, 1.82) is 0 Å². The van der Waals surface area contributed by atoms with Crippen LogP contribution in [0.25, 0.3) is 5.82 Å². The van der Waals surface area contributed by atoms with Gasteiger partial charge in [-0.25, -0.2) is 9.97 Å². The van der Waals surface area contributed by atoms with E-state index in [-0.39, 0.29) is 24.1 Å². The summed E-state index contributed by atoms with van der Waals surface area (Å²) in [6, 6.07) is 3.77. The van der Waals surface area contributed by atoms with E-state index in [0.717, 1.165) is 24.2 Å². The molecule has 3 aromatic heterocycles. The Labute approximate surface area is 174 Å². The number of carbonyl (C=O) groups is 1. The molecule has 1 aliphatic heterocycles. The second kappa shape index (κ2) is 7.16. The Hall–Kier alpha value is -3.36. The number of piperidine rings is 1. The van der Waals surface area contributed by atoms with Gasteiger partial charge >= 0.3 is 0 Å². The number of fused-ring (bicyclic) bond motifs is 2. The van der Waals surface area contributed by atoms with Gasteiger partial charge in [-0.1, -0.05) is 0 Å². The molecule has 4 unspecified atom stereocenters. The predicted octanol–water partition coefficient (Wildman–Crippen LogP) is 2.14. The average molecular weight is 405 g/mol. The van der Waals surface area contributed by atoms with E-state index in [4.69, 9.17) is 4.74 Å². The first-order valence-corrected chi connectivity index (χ1v) is 10.1. The van der Waals surface area contributed by atoms with Crippen molar-refractivity contribution in [3.63, 3.8) is 0 Å². The SMILES string of the molecule is Cc1cnc(OC2CC3CC2N(C(=O)c2ccc(C)nc2-n2nccn2)C3C)cn1. The van der Waals surface area contributed by atoms with Crippen LogP contribution in [0.15, 0.2) is 36.9 Å². The van der Waals surface area contributed by atoms with Gasteiger partial charge in [0.15, 0.2) is 5.82 Å². The summed E-state index contributed by atoms with van der Waals surface area (Å²) < 4.78 is 6.14. The summed E-state index contributed by atoms with van der Waals surface area (Å²) in [7, 11) is 0. The number of aryl methyl sites for hydroxylation is 2. The molecule has 0 radical (unpaired) electrons. The molecule has 2 aliphatic rings. The summed E-state index contributed by atoms with van der Waals surface area (Å²) in [4.78, 5) is 30.1. The van der Waals surface area contributed by atoms with Crippen LogP contribution in [0.1, 0.15) is 41.5 Å². The van der Waals surface area contributed by atoms with Crippen LogP contribution in [0, 0.1) is 19.8 Å². The fourth-order valence-electron chi connectivity index (χ4n) is 4.61. The fraction of sp³-hybridized carbons (Fsp3) is 0.429. The van der Waals surface area contributed by atoms with E-state index in [0.29, 0.717) is 23.2 Å². The monoisotopic (exact) mass is 405 g/mol. The molecule has 9 heteroatoms. The lowest BCUT2D eigenvalue weighted by Gasteiger charge is -2.37. The van der Waals surface area contributed by atoms with Gasteiger partial charge in [0, 0.05) is 11.7 Å². The molecule has 154 valence electrons. The van der Waals surface area contributed by atoms with Crippen LogP contribution in [0.5, 0.6) is 5.88 Å². The molecule has 1 saturated heterocycles. The highest BCUT2D eigenvalue weighted by atomic mass is 16.5. The lowest BCUT2D eigenvalue weighted by molar-refractivity contribution is 0.0312. The van der Waals surface area contributed by atoms with Crippen LogP contribution in [0.4, 0.5) is 0 Å². The standard InChI is InChI=1S/C21H23N7O2/c1-12-4-5-16(20(26-12)28-24-6-7-25-28)21(29)27-14(3)15-8-17(27)18(9-15)30-19-11-22-13(2)10-23-19/h4-7,10-11,14-15,17-18H,8-9H2,1-3H3. The van der Waals surface area contributed by atoms with Crippen molar-refractivity contribution < 1.29 is 9.53 Å². The number of nitrogens with zero attached hydrogens (tertiary/aromatic N) is 7. The van der Waals surface area contributed by atoms with E-state index in [2.05, 4.69) is 32.1 Å². The zero-order chi connectivity index (χ0) is 20.8. The molecule has 5 rings (SSSR count). The topological polar surface area (TPSA) is 98.9 Å². The Morgan fingerprint density at radius 1 is 1.07 bits per heavy atom. The molecule has 2 bridgehead atoms. The predicted molar refractivity (Wildman–Crippen MR) is 107 cm³/mol. The van der Waals surface area contributed by atoms with Crippen molar-refractivity contribution in [2.45, 2.75) is 51.8 Å². The van der Waals surface area contributed by atoms with Crippen LogP contribution < -0.4 is 4.74 Å². The number of hydrogen-bond donors (Lipinski definition) is 0. The molecule has 3 aromatic rings. The van der Waals surface area contributed by atoms with Crippen molar-refractivity contribution in [3.8, 4) is 11.7 Å². The normalized spacial score (nSPS) is 25.0. The van der Waals surface area contributed by atoms with E-state index < -0.39 is 0 Å². The van der Waals surface area contributed by atoms with Crippen molar-refractivity contribution in [1.82, 2.24) is 34.8 Å². The summed E-state index contributed by atoms with van der Waals surface area (Å²) in [6.07, 6.45) is 8.21. The molecular formula is C21H23N7O2. The van der Waals surface area contributed by atoms with Gasteiger partial charge in [-0.05, 0) is 51.7 Å². The molecule has 4 atom stereocenters. The van der Waals surface area contributed by atoms with Crippen molar-refractivity contribution in [2.75, 3.05) is 0 Å². The van der Waals surface area contributed by atoms with Crippen LogP contribution in [0.2, 0.25) is 0 Å². The summed E-state index contributed by atoms with van der Waals surface area (Å²) in [6.45, 7) is 5.88. The van der Waals surface area contributed by atoms with Gasteiger partial charge in [0.2, 0.25) is 5.88 Å². The van der Waals surface area contributed by atoms with Crippen LogP contribution >= 0.6 is 0 Å². The van der Waals surface area contributed by atoms with Gasteiger partial charge in [-0.3, -0.25) is 9.78 Å². The first-order valence-electron chi connectivity index (χ1n) is 10.1. The Kier molecular flexibility index (Phi) is 4.45. The number of ether oxygens (including phenoxy) is 1. The first-order chi connectivity index (χ1) is 14.5. The minimum atomic E-state index is -0.100. The Balaban J connectivity index is 1.44. The zero-order valence-electron chi connectivity index (χ0n) is 17.1. The van der Waals surface area contributed by atoms with Gasteiger partial charge < -0.3 is 9.64 Å². The van der Waals surface area contributed by atoms with E-state index in [1.165, 1.54) is 4.80 Å². The van der Waals surface area contributed by atoms with Crippen LogP contribution in [-0.2, 0) is 0 Å². The Morgan fingerprint density at radius 3 is 2.57 bits per heavy atom. The van der Waals surface area contributed by atoms with E-state index in [1.54, 1.807) is 24.8 Å². The van der Waals surface area contributed by atoms with Crippen LogP contribution in [0.3, 0.4) is 0 Å². The second-order valence-corrected chi connectivity index (χ2v) is 8.05. The van der Waals surface area contributed by atoms with Crippen molar-refractivity contribution in [3.05, 3.63) is 53.9 Å². The highest BCUT2D eigenvalue weighted by molar-refractivity contribution is 5.97. The van der Waals surface area contributed by atoms with Gasteiger partial charge in [-0.2, -0.15) is 10.2 Å². The van der Waals surface area contributed by atoms with E-state index in [1.807, 2.05) is 30.9 Å². The average Bonchev–Trinajstić information content (AvgIpc) is 3.46. The third-order valence-electron chi connectivity index (χ3n) is 6.10. The third kappa shape index (κ3) is 3.10. The Bertz CT molecular complexity index is 1070. The van der Waals surface area contributed by atoms with Crippen LogP contribution in [-0.4, -0.2) is 58.9 Å². The molecule has 2 fully saturated rings. The maximum absolute atomic E-state index is 13.7. The largest absolute Gasteiger partial charge is 0.471 e. The number of carbonyl (C=O) groups excluding carboxylic acids is 1. The molecule has 0 aromatic carbocycles. The molecular weight excluding hydrogens is 382 g/mol. The molecule has 9 nitrogen and oxygen atoms in total. The number of hydrogen-bond acceptors (Lipinski definition) is 7. The van der Waals surface area contributed by atoms with Gasteiger partial charge in [0.05, 0.1) is 42.1 Å². The molecule has 4 heterocycles. The minimum Gasteiger partial charge on any atom is -0.471 e. The number of amides is 1. The van der Waals surface area contributed by atoms with Crippen molar-refractivity contribution >= 4 is 5.91 Å². The fourth-order valence-corrected chi connectivity index (χ4v) is 4.61. The van der Waals surface area contributed by atoms with E-state index >= 15 is 0 Å².